The second-order valence-corrected chi connectivity index (χ2v) is 6.29. The SMILES string of the molecule is COc1ccc2cccc(CC(=O)N[C@H]3CCC[C@H]3C(N)=O)c2c1. The van der Waals surface area contributed by atoms with Crippen LogP contribution in [0.3, 0.4) is 0 Å². The number of amides is 2. The maximum absolute atomic E-state index is 12.4. The van der Waals surface area contributed by atoms with Gasteiger partial charge in [-0.25, -0.2) is 0 Å². The van der Waals surface area contributed by atoms with Crippen LogP contribution in [0.2, 0.25) is 0 Å². The normalized spacial score (nSPS) is 20.0. The summed E-state index contributed by atoms with van der Waals surface area (Å²) in [6.07, 6.45) is 2.75. The molecule has 0 spiro atoms. The Morgan fingerprint density at radius 1 is 1.25 bits per heavy atom. The summed E-state index contributed by atoms with van der Waals surface area (Å²) < 4.78 is 5.28. The summed E-state index contributed by atoms with van der Waals surface area (Å²) in [6, 6.07) is 11.6. The molecule has 126 valence electrons. The van der Waals surface area contributed by atoms with Crippen molar-refractivity contribution in [3.8, 4) is 5.75 Å². The third-order valence-corrected chi connectivity index (χ3v) is 4.76. The van der Waals surface area contributed by atoms with E-state index >= 15 is 0 Å². The summed E-state index contributed by atoms with van der Waals surface area (Å²) in [5, 5.41) is 5.05. The first-order valence-corrected chi connectivity index (χ1v) is 8.23. The monoisotopic (exact) mass is 326 g/mol. The molecule has 3 N–H and O–H groups in total. The third-order valence-electron chi connectivity index (χ3n) is 4.76. The number of ether oxygens (including phenoxy) is 1. The lowest BCUT2D eigenvalue weighted by molar-refractivity contribution is -0.124. The van der Waals surface area contributed by atoms with Crippen molar-refractivity contribution in [3.63, 3.8) is 0 Å². The van der Waals surface area contributed by atoms with Gasteiger partial charge in [0.15, 0.2) is 0 Å². The summed E-state index contributed by atoms with van der Waals surface area (Å²) in [7, 11) is 1.63. The van der Waals surface area contributed by atoms with Gasteiger partial charge in [-0.15, -0.1) is 0 Å². The highest BCUT2D eigenvalue weighted by atomic mass is 16.5. The summed E-state index contributed by atoms with van der Waals surface area (Å²) in [5.74, 6) is 0.109. The molecule has 1 fully saturated rings. The number of fused-ring (bicyclic) bond motifs is 1. The molecule has 0 aliphatic heterocycles. The molecule has 3 rings (SSSR count). The number of nitrogens with two attached hydrogens (primary N) is 1. The van der Waals surface area contributed by atoms with Gasteiger partial charge in [-0.3, -0.25) is 9.59 Å². The van der Waals surface area contributed by atoms with Gasteiger partial charge in [-0.2, -0.15) is 0 Å². The van der Waals surface area contributed by atoms with Gasteiger partial charge in [0.25, 0.3) is 0 Å². The summed E-state index contributed by atoms with van der Waals surface area (Å²) in [4.78, 5) is 23.9. The topological polar surface area (TPSA) is 81.4 Å². The molecule has 1 saturated carbocycles. The van der Waals surface area contributed by atoms with Gasteiger partial charge in [-0.1, -0.05) is 30.7 Å². The predicted molar refractivity (Wildman–Crippen MR) is 92.7 cm³/mol. The van der Waals surface area contributed by atoms with Crippen LogP contribution in [0.25, 0.3) is 10.8 Å². The third kappa shape index (κ3) is 3.35. The van der Waals surface area contributed by atoms with Gasteiger partial charge in [0, 0.05) is 6.04 Å². The van der Waals surface area contributed by atoms with Gasteiger partial charge in [-0.05, 0) is 41.3 Å². The number of benzene rings is 2. The van der Waals surface area contributed by atoms with E-state index in [1.165, 1.54) is 0 Å². The van der Waals surface area contributed by atoms with Crippen molar-refractivity contribution in [2.75, 3.05) is 7.11 Å². The van der Waals surface area contributed by atoms with Crippen LogP contribution in [0.1, 0.15) is 24.8 Å². The average molecular weight is 326 g/mol. The van der Waals surface area contributed by atoms with E-state index in [-0.39, 0.29) is 30.2 Å². The zero-order chi connectivity index (χ0) is 17.1. The molecule has 5 heteroatoms. The van der Waals surface area contributed by atoms with Crippen LogP contribution < -0.4 is 15.8 Å². The van der Waals surface area contributed by atoms with Gasteiger partial charge < -0.3 is 15.8 Å². The average Bonchev–Trinajstić information content (AvgIpc) is 3.03. The van der Waals surface area contributed by atoms with E-state index in [0.29, 0.717) is 0 Å². The molecule has 2 aromatic carbocycles. The van der Waals surface area contributed by atoms with E-state index < -0.39 is 0 Å². The molecule has 0 unspecified atom stereocenters. The number of hydrogen-bond donors (Lipinski definition) is 2. The highest BCUT2D eigenvalue weighted by molar-refractivity contribution is 5.91. The molecule has 1 aliphatic carbocycles. The van der Waals surface area contributed by atoms with Crippen molar-refractivity contribution in [2.24, 2.45) is 11.7 Å². The van der Waals surface area contributed by atoms with Crippen molar-refractivity contribution in [1.82, 2.24) is 5.32 Å². The summed E-state index contributed by atoms with van der Waals surface area (Å²) >= 11 is 0. The number of carbonyl (C=O) groups excluding carboxylic acids is 2. The molecule has 24 heavy (non-hydrogen) atoms. The van der Waals surface area contributed by atoms with Crippen LogP contribution in [0.5, 0.6) is 5.75 Å². The Labute approximate surface area is 141 Å². The molecule has 0 aromatic heterocycles. The zero-order valence-corrected chi connectivity index (χ0v) is 13.7. The molecule has 1 aliphatic rings. The number of primary amides is 1. The molecular weight excluding hydrogens is 304 g/mol. The molecule has 2 atom stereocenters. The van der Waals surface area contributed by atoms with E-state index in [9.17, 15) is 9.59 Å². The van der Waals surface area contributed by atoms with Crippen molar-refractivity contribution < 1.29 is 14.3 Å². The molecular formula is C19H22N2O3. The molecule has 2 aromatic rings. The minimum atomic E-state index is -0.326. The van der Waals surface area contributed by atoms with Crippen LogP contribution in [0.15, 0.2) is 36.4 Å². The predicted octanol–water partition coefficient (Wildman–Crippen LogP) is 2.16. The van der Waals surface area contributed by atoms with Crippen LogP contribution in [0, 0.1) is 5.92 Å². The second kappa shape index (κ2) is 6.91. The molecule has 0 radical (unpaired) electrons. The van der Waals surface area contributed by atoms with Gasteiger partial charge in [0.05, 0.1) is 19.4 Å². The van der Waals surface area contributed by atoms with Crippen molar-refractivity contribution in [1.29, 1.82) is 0 Å². The summed E-state index contributed by atoms with van der Waals surface area (Å²) in [6.45, 7) is 0. The number of carbonyl (C=O) groups is 2. The molecule has 2 amide bonds. The maximum atomic E-state index is 12.4. The largest absolute Gasteiger partial charge is 0.497 e. The van der Waals surface area contributed by atoms with Gasteiger partial charge in [0.2, 0.25) is 11.8 Å². The Morgan fingerprint density at radius 2 is 2.08 bits per heavy atom. The van der Waals surface area contributed by atoms with E-state index in [0.717, 1.165) is 41.3 Å². The highest BCUT2D eigenvalue weighted by Crippen LogP contribution is 2.27. The van der Waals surface area contributed by atoms with E-state index in [1.807, 2.05) is 36.4 Å². The number of methoxy groups -OCH3 is 1. The van der Waals surface area contributed by atoms with Gasteiger partial charge >= 0.3 is 0 Å². The Balaban J connectivity index is 1.77. The molecule has 0 saturated heterocycles. The van der Waals surface area contributed by atoms with E-state index in [1.54, 1.807) is 7.11 Å². The Hall–Kier alpha value is -2.56. The lowest BCUT2D eigenvalue weighted by atomic mass is 10.00. The van der Waals surface area contributed by atoms with Crippen molar-refractivity contribution in [3.05, 3.63) is 42.0 Å². The first-order chi connectivity index (χ1) is 11.6. The van der Waals surface area contributed by atoms with E-state index in [2.05, 4.69) is 5.32 Å². The zero-order valence-electron chi connectivity index (χ0n) is 13.7. The highest BCUT2D eigenvalue weighted by Gasteiger charge is 2.32. The quantitative estimate of drug-likeness (QED) is 0.883. The number of nitrogens with one attached hydrogen (secondary N) is 1. The Bertz CT molecular complexity index is 772. The minimum Gasteiger partial charge on any atom is -0.497 e. The Kier molecular flexibility index (Phi) is 4.69. The smallest absolute Gasteiger partial charge is 0.224 e. The first-order valence-electron chi connectivity index (χ1n) is 8.23. The van der Waals surface area contributed by atoms with Gasteiger partial charge in [0.1, 0.15) is 5.75 Å². The fraction of sp³-hybridized carbons (Fsp3) is 0.368. The fourth-order valence-corrected chi connectivity index (χ4v) is 3.50. The lowest BCUT2D eigenvalue weighted by Crippen LogP contribution is -2.42. The summed E-state index contributed by atoms with van der Waals surface area (Å²) in [5.41, 5.74) is 6.36. The van der Waals surface area contributed by atoms with Crippen molar-refractivity contribution >= 4 is 22.6 Å². The van der Waals surface area contributed by atoms with E-state index in [4.69, 9.17) is 10.5 Å². The lowest BCUT2D eigenvalue weighted by Gasteiger charge is -2.18. The van der Waals surface area contributed by atoms with Crippen LogP contribution >= 0.6 is 0 Å². The molecule has 0 bridgehead atoms. The molecule has 5 nitrogen and oxygen atoms in total. The van der Waals surface area contributed by atoms with Crippen LogP contribution in [-0.4, -0.2) is 25.0 Å². The van der Waals surface area contributed by atoms with Crippen LogP contribution in [0.4, 0.5) is 0 Å². The standard InChI is InChI=1S/C19H22N2O3/c1-24-14-9-8-12-4-2-5-13(16(12)11-14)10-18(22)21-17-7-3-6-15(17)19(20)23/h2,4-5,8-9,11,15,17H,3,6-7,10H2,1H3,(H2,20,23)(H,21,22)/t15-,17+/m1/s1. The molecule has 0 heterocycles. The minimum absolute atomic E-state index is 0.0801. The number of hydrogen-bond acceptors (Lipinski definition) is 3. The van der Waals surface area contributed by atoms with Crippen molar-refractivity contribution in [2.45, 2.75) is 31.7 Å². The fourth-order valence-electron chi connectivity index (χ4n) is 3.50. The maximum Gasteiger partial charge on any atom is 0.224 e. The van der Waals surface area contributed by atoms with Crippen LogP contribution in [-0.2, 0) is 16.0 Å². The number of rotatable bonds is 5. The second-order valence-electron chi connectivity index (χ2n) is 6.29. The Morgan fingerprint density at radius 3 is 2.83 bits per heavy atom. The first kappa shape index (κ1) is 16.3.